The van der Waals surface area contributed by atoms with Gasteiger partial charge in [0.25, 0.3) is 0 Å². The Labute approximate surface area is 196 Å². The molecule has 2 nitrogen and oxygen atoms in total. The number of benzene rings is 2. The van der Waals surface area contributed by atoms with Gasteiger partial charge in [-0.2, -0.15) is 0 Å². The standard InChI is InChI=1S/C29H40O2Si/c1-10-31-27(30)22-13-11-21(12-14-22)18-26(32(7,8)9)23-19-25-24(17-20(23)2)28(3,4)15-16-29(25,5)6/h11-14,17-19H,10,15-16H2,1-9H3. The lowest BCUT2D eigenvalue weighted by Gasteiger charge is -2.43. The zero-order valence-electron chi connectivity index (χ0n) is 21.5. The molecule has 172 valence electrons. The SMILES string of the molecule is CCOC(=O)c1ccc(C=C(c2cc3c(cc2C)C(C)(C)CCC3(C)C)[Si](C)(C)C)cc1. The Morgan fingerprint density at radius 1 is 0.969 bits per heavy atom. The lowest BCUT2D eigenvalue weighted by Crippen LogP contribution is -2.34. The zero-order chi connectivity index (χ0) is 23.9. The molecule has 0 saturated heterocycles. The number of rotatable bonds is 5. The number of fused-ring (bicyclic) bond motifs is 1. The fourth-order valence-corrected chi connectivity index (χ4v) is 6.48. The third-order valence-electron chi connectivity index (χ3n) is 7.03. The molecule has 0 unspecified atom stereocenters. The van der Waals surface area contributed by atoms with Crippen molar-refractivity contribution in [3.8, 4) is 0 Å². The molecule has 2 aromatic carbocycles. The van der Waals surface area contributed by atoms with Gasteiger partial charge in [-0.15, -0.1) is 0 Å². The monoisotopic (exact) mass is 448 g/mol. The van der Waals surface area contributed by atoms with Gasteiger partial charge >= 0.3 is 5.97 Å². The molecule has 2 aromatic rings. The number of ether oxygens (including phenoxy) is 1. The second kappa shape index (κ2) is 8.66. The smallest absolute Gasteiger partial charge is 0.338 e. The maximum Gasteiger partial charge on any atom is 0.338 e. The van der Waals surface area contributed by atoms with Crippen LogP contribution in [0.2, 0.25) is 19.6 Å². The fraction of sp³-hybridized carbons (Fsp3) is 0.483. The maximum absolute atomic E-state index is 12.0. The Morgan fingerprint density at radius 2 is 1.50 bits per heavy atom. The van der Waals surface area contributed by atoms with E-state index in [0.29, 0.717) is 12.2 Å². The Bertz CT molecular complexity index is 1030. The van der Waals surface area contributed by atoms with E-state index in [2.05, 4.69) is 72.5 Å². The lowest BCUT2D eigenvalue weighted by atomic mass is 9.62. The van der Waals surface area contributed by atoms with Gasteiger partial charge in [-0.25, -0.2) is 4.79 Å². The van der Waals surface area contributed by atoms with E-state index < -0.39 is 8.07 Å². The second-order valence-corrected chi connectivity index (χ2v) is 16.7. The van der Waals surface area contributed by atoms with Crippen molar-refractivity contribution in [1.29, 1.82) is 0 Å². The van der Waals surface area contributed by atoms with Crippen LogP contribution in [0.15, 0.2) is 36.4 Å². The second-order valence-electron chi connectivity index (χ2n) is 11.6. The van der Waals surface area contributed by atoms with Crippen molar-refractivity contribution in [2.45, 2.75) is 84.9 Å². The normalized spacial score (nSPS) is 17.6. The van der Waals surface area contributed by atoms with Crippen LogP contribution in [-0.2, 0) is 15.6 Å². The summed E-state index contributed by atoms with van der Waals surface area (Å²) < 4.78 is 5.13. The minimum Gasteiger partial charge on any atom is -0.462 e. The van der Waals surface area contributed by atoms with Crippen molar-refractivity contribution < 1.29 is 9.53 Å². The molecule has 0 amide bonds. The molecule has 0 saturated carbocycles. The van der Waals surface area contributed by atoms with Crippen LogP contribution in [0.4, 0.5) is 0 Å². The highest BCUT2D eigenvalue weighted by molar-refractivity contribution is 6.94. The van der Waals surface area contributed by atoms with E-state index in [9.17, 15) is 4.79 Å². The molecule has 3 rings (SSSR count). The fourth-order valence-electron chi connectivity index (χ4n) is 4.81. The predicted molar refractivity (Wildman–Crippen MR) is 140 cm³/mol. The number of aryl methyl sites for hydroxylation is 1. The van der Waals surface area contributed by atoms with Crippen LogP contribution in [0.25, 0.3) is 11.3 Å². The molecule has 32 heavy (non-hydrogen) atoms. The van der Waals surface area contributed by atoms with Crippen molar-refractivity contribution in [3.05, 3.63) is 69.8 Å². The molecule has 0 aliphatic heterocycles. The Kier molecular flexibility index (Phi) is 6.64. The average Bonchev–Trinajstić information content (AvgIpc) is 2.69. The first-order chi connectivity index (χ1) is 14.8. The Balaban J connectivity index is 2.13. The number of esters is 1. The molecule has 0 radical (unpaired) electrons. The molecule has 0 fully saturated rings. The summed E-state index contributed by atoms with van der Waals surface area (Å²) in [5.74, 6) is -0.260. The van der Waals surface area contributed by atoms with E-state index in [4.69, 9.17) is 4.74 Å². The molecule has 0 spiro atoms. The van der Waals surface area contributed by atoms with Crippen LogP contribution < -0.4 is 0 Å². The third kappa shape index (κ3) is 4.93. The summed E-state index contributed by atoms with van der Waals surface area (Å²) in [6.45, 7) is 21.3. The molecule has 3 heteroatoms. The number of hydrogen-bond acceptors (Lipinski definition) is 2. The summed E-state index contributed by atoms with van der Waals surface area (Å²) in [7, 11) is -1.65. The van der Waals surface area contributed by atoms with Gasteiger partial charge in [-0.05, 0) is 77.5 Å². The van der Waals surface area contributed by atoms with Gasteiger partial charge in [0.15, 0.2) is 0 Å². The van der Waals surface area contributed by atoms with E-state index in [1.54, 1.807) is 0 Å². The van der Waals surface area contributed by atoms with Crippen LogP contribution in [0.3, 0.4) is 0 Å². The van der Waals surface area contributed by atoms with Crippen LogP contribution in [0.5, 0.6) is 0 Å². The molecule has 0 atom stereocenters. The summed E-state index contributed by atoms with van der Waals surface area (Å²) in [6, 6.07) is 12.8. The summed E-state index contributed by atoms with van der Waals surface area (Å²) in [4.78, 5) is 12.0. The maximum atomic E-state index is 12.0. The summed E-state index contributed by atoms with van der Waals surface area (Å²) in [6.07, 6.45) is 4.79. The first-order valence-electron chi connectivity index (χ1n) is 11.9. The number of hydrogen-bond donors (Lipinski definition) is 0. The highest BCUT2D eigenvalue weighted by Crippen LogP contribution is 2.47. The van der Waals surface area contributed by atoms with Gasteiger partial charge < -0.3 is 4.74 Å². The number of carbonyl (C=O) groups excluding carboxylic acids is 1. The van der Waals surface area contributed by atoms with Crippen LogP contribution in [0, 0.1) is 6.92 Å². The molecule has 0 N–H and O–H groups in total. The summed E-state index contributed by atoms with van der Waals surface area (Å²) in [5.41, 5.74) is 7.94. The lowest BCUT2D eigenvalue weighted by molar-refractivity contribution is 0.0526. The van der Waals surface area contributed by atoms with Crippen LogP contribution in [-0.4, -0.2) is 20.7 Å². The van der Waals surface area contributed by atoms with Crippen LogP contribution >= 0.6 is 0 Å². The molecule has 0 aromatic heterocycles. The quantitative estimate of drug-likeness (QED) is 0.264. The first-order valence-corrected chi connectivity index (χ1v) is 15.4. The summed E-state index contributed by atoms with van der Waals surface area (Å²) in [5, 5.41) is 1.46. The number of carbonyl (C=O) groups is 1. The zero-order valence-corrected chi connectivity index (χ0v) is 22.5. The van der Waals surface area contributed by atoms with Gasteiger partial charge in [0.2, 0.25) is 0 Å². The molecule has 1 aliphatic rings. The molecular weight excluding hydrogens is 408 g/mol. The highest BCUT2D eigenvalue weighted by Gasteiger charge is 2.38. The van der Waals surface area contributed by atoms with E-state index in [1.807, 2.05) is 31.2 Å². The largest absolute Gasteiger partial charge is 0.462 e. The molecular formula is C29H40O2Si. The topological polar surface area (TPSA) is 26.3 Å². The Morgan fingerprint density at radius 3 is 2.00 bits per heavy atom. The van der Waals surface area contributed by atoms with Gasteiger partial charge in [-0.3, -0.25) is 0 Å². The van der Waals surface area contributed by atoms with Gasteiger partial charge in [0, 0.05) is 0 Å². The molecule has 1 aliphatic carbocycles. The van der Waals surface area contributed by atoms with Crippen molar-refractivity contribution in [3.63, 3.8) is 0 Å². The molecule has 0 bridgehead atoms. The Hall–Kier alpha value is -2.13. The van der Waals surface area contributed by atoms with Gasteiger partial charge in [0.1, 0.15) is 0 Å². The minimum absolute atomic E-state index is 0.194. The van der Waals surface area contributed by atoms with E-state index in [-0.39, 0.29) is 16.8 Å². The average molecular weight is 449 g/mol. The highest BCUT2D eigenvalue weighted by atomic mass is 28.3. The van der Waals surface area contributed by atoms with Gasteiger partial charge in [0.05, 0.1) is 20.2 Å². The van der Waals surface area contributed by atoms with E-state index in [0.717, 1.165) is 5.56 Å². The minimum atomic E-state index is -1.65. The van der Waals surface area contributed by atoms with Crippen molar-refractivity contribution in [2.75, 3.05) is 6.61 Å². The van der Waals surface area contributed by atoms with E-state index >= 15 is 0 Å². The van der Waals surface area contributed by atoms with Crippen molar-refractivity contribution >= 4 is 25.3 Å². The van der Waals surface area contributed by atoms with Gasteiger partial charge in [-0.1, -0.05) is 82.9 Å². The summed E-state index contributed by atoms with van der Waals surface area (Å²) >= 11 is 0. The first kappa shape index (κ1) is 24.5. The van der Waals surface area contributed by atoms with Crippen molar-refractivity contribution in [2.24, 2.45) is 0 Å². The van der Waals surface area contributed by atoms with Crippen molar-refractivity contribution in [1.82, 2.24) is 0 Å². The molecule has 0 heterocycles. The van der Waals surface area contributed by atoms with E-state index in [1.165, 1.54) is 40.3 Å². The third-order valence-corrected chi connectivity index (χ3v) is 9.06. The van der Waals surface area contributed by atoms with Crippen LogP contribution in [0.1, 0.15) is 85.6 Å². The predicted octanol–water partition coefficient (Wildman–Crippen LogP) is 7.94.